The fourth-order valence-electron chi connectivity index (χ4n) is 3.57. The molecule has 0 N–H and O–H groups in total. The number of carbonyl (C=O) groups excluding carboxylic acids is 1. The van der Waals surface area contributed by atoms with Gasteiger partial charge in [-0.15, -0.1) is 0 Å². The van der Waals surface area contributed by atoms with Gasteiger partial charge >= 0.3 is 5.97 Å². The van der Waals surface area contributed by atoms with Crippen LogP contribution in [0.2, 0.25) is 5.02 Å². The fraction of sp³-hybridized carbons (Fsp3) is 0.240. The van der Waals surface area contributed by atoms with Crippen LogP contribution in [0.25, 0.3) is 0 Å². The second kappa shape index (κ2) is 11.7. The highest BCUT2D eigenvalue weighted by atomic mass is 35.5. The first-order valence-electron chi connectivity index (χ1n) is 10.8. The monoisotopic (exact) mass is 557 g/mol. The summed E-state index contributed by atoms with van der Waals surface area (Å²) in [5.74, 6) is -3.05. The molecule has 0 saturated heterocycles. The van der Waals surface area contributed by atoms with Crippen LogP contribution in [0.3, 0.4) is 0 Å². The number of nitrogens with zero attached hydrogens (tertiary/aromatic N) is 1. The number of halogens is 4. The molecule has 12 heteroatoms. The Hall–Kier alpha value is -3.44. The Labute approximate surface area is 217 Å². The Morgan fingerprint density at radius 1 is 1.00 bits per heavy atom. The summed E-state index contributed by atoms with van der Waals surface area (Å²) in [6.45, 7) is 1.20. The topological polar surface area (TPSA) is 82.1 Å². The van der Waals surface area contributed by atoms with Crippen LogP contribution in [-0.2, 0) is 26.0 Å². The molecule has 0 aliphatic rings. The van der Waals surface area contributed by atoms with Crippen molar-refractivity contribution in [3.63, 3.8) is 0 Å². The predicted molar refractivity (Wildman–Crippen MR) is 131 cm³/mol. The SMILES string of the molecule is CCOC(=O)C(F)N(c1ccc(Cl)cc1Cc1c(F)cccc1F)S(=O)(=O)c1ccc(OC)c(OC)c1. The van der Waals surface area contributed by atoms with Crippen molar-refractivity contribution in [2.45, 2.75) is 24.5 Å². The van der Waals surface area contributed by atoms with Crippen LogP contribution in [0.15, 0.2) is 59.5 Å². The van der Waals surface area contributed by atoms with Crippen LogP contribution in [0.4, 0.5) is 18.9 Å². The van der Waals surface area contributed by atoms with Crippen LogP contribution in [0, 0.1) is 11.6 Å². The minimum Gasteiger partial charge on any atom is -0.493 e. The van der Waals surface area contributed by atoms with E-state index < -0.39 is 50.8 Å². The average molecular weight is 558 g/mol. The summed E-state index contributed by atoms with van der Waals surface area (Å²) in [5, 5.41) is 0.0884. The van der Waals surface area contributed by atoms with Crippen LogP contribution < -0.4 is 13.8 Å². The zero-order chi connectivity index (χ0) is 27.3. The van der Waals surface area contributed by atoms with Gasteiger partial charge in [0.25, 0.3) is 16.3 Å². The van der Waals surface area contributed by atoms with Gasteiger partial charge in [-0.1, -0.05) is 17.7 Å². The molecule has 0 radical (unpaired) electrons. The molecule has 37 heavy (non-hydrogen) atoms. The molecule has 0 spiro atoms. The molecule has 1 unspecified atom stereocenters. The van der Waals surface area contributed by atoms with Crippen LogP contribution in [0.1, 0.15) is 18.1 Å². The number of anilines is 1. The van der Waals surface area contributed by atoms with Gasteiger partial charge in [-0.3, -0.25) is 0 Å². The second-order valence-corrected chi connectivity index (χ2v) is 9.81. The van der Waals surface area contributed by atoms with Crippen molar-refractivity contribution in [2.24, 2.45) is 0 Å². The number of alkyl halides is 1. The summed E-state index contributed by atoms with van der Waals surface area (Å²) >= 11 is 6.09. The quantitative estimate of drug-likeness (QED) is 0.249. The summed E-state index contributed by atoms with van der Waals surface area (Å²) in [4.78, 5) is 12.0. The molecular formula is C25H23ClF3NO6S. The standard InChI is InChI=1S/C25H23ClF3NO6S/c1-4-36-25(31)24(29)30(37(32,33)17-9-11-22(34-2)23(14-17)35-3)21-10-8-16(26)12-15(21)13-18-19(27)6-5-7-20(18)28/h5-12,14,24H,4,13H2,1-3H3. The molecule has 3 rings (SSSR count). The average Bonchev–Trinajstić information content (AvgIpc) is 2.87. The van der Waals surface area contributed by atoms with Crippen molar-refractivity contribution in [1.82, 2.24) is 0 Å². The maximum atomic E-state index is 15.7. The van der Waals surface area contributed by atoms with Gasteiger partial charge in [0, 0.05) is 23.1 Å². The molecule has 3 aromatic rings. The van der Waals surface area contributed by atoms with Gasteiger partial charge in [-0.2, -0.15) is 0 Å². The molecule has 0 fully saturated rings. The van der Waals surface area contributed by atoms with Gasteiger partial charge in [0.2, 0.25) is 0 Å². The van der Waals surface area contributed by atoms with E-state index in [-0.39, 0.29) is 38.7 Å². The Balaban J connectivity index is 2.25. The molecular weight excluding hydrogens is 535 g/mol. The fourth-order valence-corrected chi connectivity index (χ4v) is 5.26. The summed E-state index contributed by atoms with van der Waals surface area (Å²) in [6, 6.07) is 10.4. The first kappa shape index (κ1) is 28.1. The van der Waals surface area contributed by atoms with Crippen molar-refractivity contribution in [2.75, 3.05) is 25.1 Å². The highest BCUT2D eigenvalue weighted by Crippen LogP contribution is 2.36. The summed E-state index contributed by atoms with van der Waals surface area (Å²) in [7, 11) is -2.20. The van der Waals surface area contributed by atoms with E-state index in [1.807, 2.05) is 0 Å². The lowest BCUT2D eigenvalue weighted by atomic mass is 10.0. The normalized spacial score (nSPS) is 12.1. The first-order chi connectivity index (χ1) is 17.5. The van der Waals surface area contributed by atoms with Crippen molar-refractivity contribution < 1.29 is 40.6 Å². The molecule has 198 valence electrons. The number of rotatable bonds is 10. The number of hydrogen-bond acceptors (Lipinski definition) is 6. The molecule has 0 aromatic heterocycles. The third kappa shape index (κ3) is 5.94. The van der Waals surface area contributed by atoms with Crippen LogP contribution in [0.5, 0.6) is 11.5 Å². The minimum atomic E-state index is -4.83. The molecule has 0 amide bonds. The van der Waals surface area contributed by atoms with E-state index in [2.05, 4.69) is 0 Å². The molecule has 0 heterocycles. The maximum Gasteiger partial charge on any atom is 0.363 e. The summed E-state index contributed by atoms with van der Waals surface area (Å²) in [6.07, 6.45) is -3.34. The van der Waals surface area contributed by atoms with Crippen molar-refractivity contribution >= 4 is 33.3 Å². The number of carbonyl (C=O) groups is 1. The lowest BCUT2D eigenvalue weighted by Crippen LogP contribution is -2.44. The molecule has 7 nitrogen and oxygen atoms in total. The van der Waals surface area contributed by atoms with E-state index in [1.54, 1.807) is 0 Å². The molecule has 1 atom stereocenters. The molecule has 0 aliphatic heterocycles. The molecule has 0 saturated carbocycles. The van der Waals surface area contributed by atoms with Gasteiger partial charge in [-0.25, -0.2) is 30.7 Å². The maximum absolute atomic E-state index is 15.7. The van der Waals surface area contributed by atoms with Crippen LogP contribution >= 0.6 is 11.6 Å². The van der Waals surface area contributed by atoms with Gasteiger partial charge in [0.15, 0.2) is 11.5 Å². The number of esters is 1. The summed E-state index contributed by atoms with van der Waals surface area (Å²) < 4.78 is 87.3. The third-order valence-corrected chi connectivity index (χ3v) is 7.29. The summed E-state index contributed by atoms with van der Waals surface area (Å²) in [5.41, 5.74) is -0.837. The number of benzene rings is 3. The highest BCUT2D eigenvalue weighted by molar-refractivity contribution is 7.93. The van der Waals surface area contributed by atoms with Crippen molar-refractivity contribution in [3.8, 4) is 11.5 Å². The Kier molecular flexibility index (Phi) is 8.93. The van der Waals surface area contributed by atoms with Crippen LogP contribution in [-0.4, -0.2) is 41.5 Å². The number of ether oxygens (including phenoxy) is 3. The van der Waals surface area contributed by atoms with Crippen molar-refractivity contribution in [3.05, 3.63) is 82.4 Å². The van der Waals surface area contributed by atoms with Gasteiger partial charge in [0.05, 0.1) is 31.4 Å². The van der Waals surface area contributed by atoms with E-state index in [1.165, 1.54) is 45.4 Å². The van der Waals surface area contributed by atoms with E-state index in [9.17, 15) is 22.0 Å². The Morgan fingerprint density at radius 3 is 2.24 bits per heavy atom. The Bertz CT molecular complexity index is 1380. The third-order valence-electron chi connectivity index (χ3n) is 5.31. The smallest absolute Gasteiger partial charge is 0.363 e. The Morgan fingerprint density at radius 2 is 1.65 bits per heavy atom. The zero-order valence-electron chi connectivity index (χ0n) is 20.0. The number of hydrogen-bond donors (Lipinski definition) is 0. The first-order valence-corrected chi connectivity index (χ1v) is 12.6. The molecule has 0 bridgehead atoms. The lowest BCUT2D eigenvalue weighted by Gasteiger charge is -2.29. The van der Waals surface area contributed by atoms with Gasteiger partial charge in [0.1, 0.15) is 11.6 Å². The number of methoxy groups -OCH3 is 2. The van der Waals surface area contributed by atoms with E-state index in [4.69, 9.17) is 25.8 Å². The van der Waals surface area contributed by atoms with Crippen molar-refractivity contribution in [1.29, 1.82) is 0 Å². The molecule has 0 aliphatic carbocycles. The van der Waals surface area contributed by atoms with Gasteiger partial charge < -0.3 is 14.2 Å². The highest BCUT2D eigenvalue weighted by Gasteiger charge is 2.39. The predicted octanol–water partition coefficient (Wildman–Crippen LogP) is 5.28. The van der Waals surface area contributed by atoms with E-state index >= 15 is 4.39 Å². The number of sulfonamides is 1. The largest absolute Gasteiger partial charge is 0.493 e. The zero-order valence-corrected chi connectivity index (χ0v) is 21.6. The minimum absolute atomic E-state index is 0.0276. The van der Waals surface area contributed by atoms with Gasteiger partial charge in [-0.05, 0) is 55.0 Å². The molecule has 3 aromatic carbocycles. The van der Waals surface area contributed by atoms with E-state index in [0.717, 1.165) is 30.3 Å². The van der Waals surface area contributed by atoms with E-state index in [0.29, 0.717) is 0 Å². The second-order valence-electron chi connectivity index (χ2n) is 7.56. The lowest BCUT2D eigenvalue weighted by molar-refractivity contribution is -0.148.